The lowest BCUT2D eigenvalue weighted by molar-refractivity contribution is -0.166. The van der Waals surface area contributed by atoms with Crippen LogP contribution >= 0.6 is 0 Å². The lowest BCUT2D eigenvalue weighted by atomic mass is 9.79. The molecule has 1 aromatic carbocycles. The summed E-state index contributed by atoms with van der Waals surface area (Å²) in [5, 5.41) is 19.6. The van der Waals surface area contributed by atoms with Crippen LogP contribution in [-0.2, 0) is 28.5 Å². The maximum atomic E-state index is 12.5. The van der Waals surface area contributed by atoms with Crippen LogP contribution in [0.25, 0.3) is 0 Å². The number of carbonyl (C=O) groups excluding carboxylic acids is 4. The molecular weight excluding hydrogens is 448 g/mol. The van der Waals surface area contributed by atoms with Crippen LogP contribution < -0.4 is 0 Å². The maximum Gasteiger partial charge on any atom is 0.338 e. The van der Waals surface area contributed by atoms with E-state index < -0.39 is 61.1 Å². The highest BCUT2D eigenvalue weighted by molar-refractivity contribution is 5.93. The Hall–Kier alpha value is -2.98. The van der Waals surface area contributed by atoms with Gasteiger partial charge in [-0.05, 0) is 43.5 Å². The van der Waals surface area contributed by atoms with Crippen molar-refractivity contribution in [2.75, 3.05) is 26.9 Å². The van der Waals surface area contributed by atoms with Crippen molar-refractivity contribution in [2.24, 2.45) is 11.8 Å². The van der Waals surface area contributed by atoms with E-state index in [0.717, 1.165) is 12.8 Å². The minimum atomic E-state index is -1.25. The molecule has 10 nitrogen and oxygen atoms in total. The van der Waals surface area contributed by atoms with Crippen molar-refractivity contribution in [3.63, 3.8) is 0 Å². The van der Waals surface area contributed by atoms with Crippen molar-refractivity contribution in [2.45, 2.75) is 51.2 Å². The first-order valence-corrected chi connectivity index (χ1v) is 11.3. The average molecular weight is 481 g/mol. The molecule has 0 saturated heterocycles. The average Bonchev–Trinajstić information content (AvgIpc) is 2.88. The normalized spacial score (nSPS) is 19.4. The molecule has 0 heterocycles. The zero-order chi connectivity index (χ0) is 25.1. The molecule has 188 valence electrons. The molecule has 0 bridgehead atoms. The second kappa shape index (κ2) is 13.7. The van der Waals surface area contributed by atoms with Crippen molar-refractivity contribution < 1.29 is 48.3 Å². The molecule has 0 aromatic heterocycles. The van der Waals surface area contributed by atoms with Crippen LogP contribution in [-0.4, -0.2) is 73.2 Å². The standard InChI is InChI=1S/C24H32O10/c1-3-17(25)12-33-23(29)19-6-4-5-7-20(19)24(30)34-14-18(26)13-32-22(28)16-10-8-15(9-11-16)21(27)31-2/h8-11,17-20,25-26H,3-7,12-14H2,1-2H3. The van der Waals surface area contributed by atoms with Crippen LogP contribution in [0, 0.1) is 11.8 Å². The van der Waals surface area contributed by atoms with E-state index in [-0.39, 0.29) is 17.7 Å². The number of benzene rings is 1. The minimum absolute atomic E-state index is 0.122. The number of methoxy groups -OCH3 is 1. The molecule has 1 aliphatic carbocycles. The minimum Gasteiger partial charge on any atom is -0.465 e. The van der Waals surface area contributed by atoms with Gasteiger partial charge < -0.3 is 29.2 Å². The highest BCUT2D eigenvalue weighted by atomic mass is 16.6. The van der Waals surface area contributed by atoms with Crippen LogP contribution in [0.15, 0.2) is 24.3 Å². The summed E-state index contributed by atoms with van der Waals surface area (Å²) >= 11 is 0. The van der Waals surface area contributed by atoms with Gasteiger partial charge in [0.1, 0.15) is 25.9 Å². The summed E-state index contributed by atoms with van der Waals surface area (Å²) in [6.07, 6.45) is 0.925. The predicted molar refractivity (Wildman–Crippen MR) is 118 cm³/mol. The fourth-order valence-corrected chi connectivity index (χ4v) is 3.55. The SMILES string of the molecule is CCC(O)COC(=O)C1CCCCC1C(=O)OCC(O)COC(=O)c1ccc(C(=O)OC)cc1. The molecule has 0 spiro atoms. The lowest BCUT2D eigenvalue weighted by Gasteiger charge is -2.28. The smallest absolute Gasteiger partial charge is 0.338 e. The Morgan fingerprint density at radius 3 is 1.71 bits per heavy atom. The molecule has 0 aliphatic heterocycles. The number of hydrogen-bond donors (Lipinski definition) is 2. The van der Waals surface area contributed by atoms with E-state index in [1.807, 2.05) is 0 Å². The van der Waals surface area contributed by atoms with E-state index in [9.17, 15) is 29.4 Å². The molecule has 1 aromatic rings. The monoisotopic (exact) mass is 480 g/mol. The molecule has 1 fully saturated rings. The molecule has 10 heteroatoms. The van der Waals surface area contributed by atoms with E-state index in [4.69, 9.17) is 14.2 Å². The van der Waals surface area contributed by atoms with Crippen molar-refractivity contribution in [1.29, 1.82) is 0 Å². The first kappa shape index (κ1) is 27.3. The number of hydrogen-bond acceptors (Lipinski definition) is 10. The van der Waals surface area contributed by atoms with Gasteiger partial charge in [-0.25, -0.2) is 9.59 Å². The topological polar surface area (TPSA) is 146 Å². The van der Waals surface area contributed by atoms with Gasteiger partial charge in [0.2, 0.25) is 0 Å². The summed E-state index contributed by atoms with van der Waals surface area (Å²) in [7, 11) is 1.25. The molecule has 0 radical (unpaired) electrons. The molecule has 1 saturated carbocycles. The first-order valence-electron chi connectivity index (χ1n) is 11.3. The van der Waals surface area contributed by atoms with Crippen LogP contribution in [0.2, 0.25) is 0 Å². The number of aliphatic hydroxyl groups is 2. The Labute approximate surface area is 198 Å². The van der Waals surface area contributed by atoms with Gasteiger partial charge in [-0.3, -0.25) is 9.59 Å². The van der Waals surface area contributed by atoms with Crippen molar-refractivity contribution in [3.05, 3.63) is 35.4 Å². The van der Waals surface area contributed by atoms with Crippen LogP contribution in [0.5, 0.6) is 0 Å². The largest absolute Gasteiger partial charge is 0.465 e. The Balaban J connectivity index is 1.79. The third kappa shape index (κ3) is 8.11. The van der Waals surface area contributed by atoms with E-state index in [1.54, 1.807) is 6.92 Å². The molecular formula is C24H32O10. The van der Waals surface area contributed by atoms with Crippen molar-refractivity contribution in [3.8, 4) is 0 Å². The van der Waals surface area contributed by atoms with E-state index in [1.165, 1.54) is 31.4 Å². The van der Waals surface area contributed by atoms with Gasteiger partial charge in [0.05, 0.1) is 36.2 Å². The Bertz CT molecular complexity index is 835. The highest BCUT2D eigenvalue weighted by Gasteiger charge is 2.38. The number of aliphatic hydroxyl groups excluding tert-OH is 2. The lowest BCUT2D eigenvalue weighted by Crippen LogP contribution is -2.37. The van der Waals surface area contributed by atoms with Gasteiger partial charge in [0.25, 0.3) is 0 Å². The van der Waals surface area contributed by atoms with Crippen molar-refractivity contribution >= 4 is 23.9 Å². The number of esters is 4. The van der Waals surface area contributed by atoms with Gasteiger partial charge in [-0.15, -0.1) is 0 Å². The molecule has 2 rings (SSSR count). The maximum absolute atomic E-state index is 12.5. The Morgan fingerprint density at radius 1 is 0.794 bits per heavy atom. The second-order valence-corrected chi connectivity index (χ2v) is 8.14. The first-order chi connectivity index (χ1) is 16.3. The summed E-state index contributed by atoms with van der Waals surface area (Å²) in [6, 6.07) is 5.61. The molecule has 2 N–H and O–H groups in total. The number of rotatable bonds is 11. The van der Waals surface area contributed by atoms with Crippen molar-refractivity contribution in [1.82, 2.24) is 0 Å². The van der Waals surface area contributed by atoms with E-state index in [2.05, 4.69) is 4.74 Å². The number of ether oxygens (including phenoxy) is 4. The third-order valence-electron chi connectivity index (χ3n) is 5.63. The second-order valence-electron chi connectivity index (χ2n) is 8.14. The number of carbonyl (C=O) groups is 4. The Kier molecular flexibility index (Phi) is 11.0. The van der Waals surface area contributed by atoms with Crippen LogP contribution in [0.4, 0.5) is 0 Å². The summed E-state index contributed by atoms with van der Waals surface area (Å²) in [5.74, 6) is -3.77. The zero-order valence-electron chi connectivity index (χ0n) is 19.4. The van der Waals surface area contributed by atoms with E-state index >= 15 is 0 Å². The summed E-state index contributed by atoms with van der Waals surface area (Å²) in [4.78, 5) is 48.5. The third-order valence-corrected chi connectivity index (χ3v) is 5.63. The van der Waals surface area contributed by atoms with Crippen LogP contribution in [0.3, 0.4) is 0 Å². The quantitative estimate of drug-likeness (QED) is 0.354. The fourth-order valence-electron chi connectivity index (χ4n) is 3.55. The summed E-state index contributed by atoms with van der Waals surface area (Å²) in [6.45, 7) is 0.835. The van der Waals surface area contributed by atoms with Gasteiger partial charge in [0, 0.05) is 0 Å². The van der Waals surface area contributed by atoms with E-state index in [0.29, 0.717) is 19.3 Å². The predicted octanol–water partition coefficient (Wildman–Crippen LogP) is 1.65. The van der Waals surface area contributed by atoms with Gasteiger partial charge in [-0.2, -0.15) is 0 Å². The molecule has 1 aliphatic rings. The molecule has 4 atom stereocenters. The highest BCUT2D eigenvalue weighted by Crippen LogP contribution is 2.32. The Morgan fingerprint density at radius 2 is 1.24 bits per heavy atom. The summed E-state index contributed by atoms with van der Waals surface area (Å²) < 4.78 is 19.9. The molecule has 34 heavy (non-hydrogen) atoms. The van der Waals surface area contributed by atoms with Gasteiger partial charge >= 0.3 is 23.9 Å². The molecule has 0 amide bonds. The zero-order valence-corrected chi connectivity index (χ0v) is 19.4. The van der Waals surface area contributed by atoms with Crippen LogP contribution in [0.1, 0.15) is 59.7 Å². The molecule has 4 unspecified atom stereocenters. The summed E-state index contributed by atoms with van der Waals surface area (Å²) in [5.41, 5.74) is 0.450. The van der Waals surface area contributed by atoms with Gasteiger partial charge in [0.15, 0.2) is 0 Å². The van der Waals surface area contributed by atoms with Gasteiger partial charge in [-0.1, -0.05) is 19.8 Å². The fraction of sp³-hybridized carbons (Fsp3) is 0.583.